The molecule has 2 rings (SSSR count). The van der Waals surface area contributed by atoms with E-state index in [1.54, 1.807) is 18.2 Å². The van der Waals surface area contributed by atoms with E-state index in [0.717, 1.165) is 6.26 Å². The molecule has 0 aliphatic rings. The van der Waals surface area contributed by atoms with Crippen LogP contribution in [0.2, 0.25) is 5.02 Å². The number of hydrogen-bond acceptors (Lipinski definition) is 5. The summed E-state index contributed by atoms with van der Waals surface area (Å²) < 4.78 is 28.1. The summed E-state index contributed by atoms with van der Waals surface area (Å²) in [7, 11) is -0.400. The number of likely N-dealkylation sites (N-methyl/N-ethyl adjacent to an activating group) is 1. The minimum Gasteiger partial charge on any atom is -0.495 e. The molecule has 0 aliphatic carbocycles. The molecular formula is C18H19ClN2O5S. The number of halogens is 1. The van der Waals surface area contributed by atoms with Crippen molar-refractivity contribution in [3.05, 3.63) is 53.1 Å². The van der Waals surface area contributed by atoms with Crippen LogP contribution in [0, 0.1) is 0 Å². The first-order valence-corrected chi connectivity index (χ1v) is 10.1. The third-order valence-electron chi connectivity index (χ3n) is 3.69. The Kier molecular flexibility index (Phi) is 6.45. The zero-order valence-electron chi connectivity index (χ0n) is 15.0. The molecule has 0 bridgehead atoms. The number of carbonyl (C=O) groups is 2. The van der Waals surface area contributed by atoms with Gasteiger partial charge in [-0.05, 0) is 42.5 Å². The van der Waals surface area contributed by atoms with E-state index in [2.05, 4.69) is 5.32 Å². The predicted octanol–water partition coefficient (Wildman–Crippen LogP) is 2.46. The summed E-state index contributed by atoms with van der Waals surface area (Å²) in [6, 6.07) is 10.3. The van der Waals surface area contributed by atoms with Crippen molar-refractivity contribution in [3.63, 3.8) is 0 Å². The molecule has 0 heterocycles. The second kappa shape index (κ2) is 8.41. The lowest BCUT2D eigenvalue weighted by atomic mass is 10.2. The summed E-state index contributed by atoms with van der Waals surface area (Å²) in [5.41, 5.74) is 0.673. The molecule has 1 N–H and O–H groups in total. The van der Waals surface area contributed by atoms with Crippen molar-refractivity contribution in [2.75, 3.05) is 32.3 Å². The zero-order chi connectivity index (χ0) is 20.2. The van der Waals surface area contributed by atoms with Crippen molar-refractivity contribution < 1.29 is 22.7 Å². The van der Waals surface area contributed by atoms with Crippen LogP contribution in [0.4, 0.5) is 5.69 Å². The summed E-state index contributed by atoms with van der Waals surface area (Å²) in [5.74, 6) is -0.402. The maximum absolute atomic E-state index is 12.4. The Morgan fingerprint density at radius 2 is 1.78 bits per heavy atom. The first-order chi connectivity index (χ1) is 12.6. The Morgan fingerprint density at radius 3 is 2.33 bits per heavy atom. The van der Waals surface area contributed by atoms with Crippen LogP contribution in [0.1, 0.15) is 10.4 Å². The standard InChI is InChI=1S/C18H19ClN2O5S/c1-21(18(23)12-4-7-14(8-5-12)27(3,24)25)11-17(22)20-15-10-13(19)6-9-16(15)26-2/h4-10H,11H2,1-3H3,(H,20,22). The number of ether oxygens (including phenoxy) is 1. The van der Waals surface area contributed by atoms with Crippen molar-refractivity contribution >= 4 is 38.9 Å². The molecule has 0 spiro atoms. The molecule has 2 amide bonds. The Labute approximate surface area is 162 Å². The summed E-state index contributed by atoms with van der Waals surface area (Å²) in [6.45, 7) is -0.206. The van der Waals surface area contributed by atoms with Crippen molar-refractivity contribution in [2.24, 2.45) is 0 Å². The topological polar surface area (TPSA) is 92.8 Å². The number of sulfone groups is 1. The average Bonchev–Trinajstić information content (AvgIpc) is 2.60. The molecule has 0 aromatic heterocycles. The lowest BCUT2D eigenvalue weighted by molar-refractivity contribution is -0.116. The van der Waals surface area contributed by atoms with Gasteiger partial charge in [0.25, 0.3) is 5.91 Å². The lowest BCUT2D eigenvalue weighted by Gasteiger charge is -2.18. The van der Waals surface area contributed by atoms with Gasteiger partial charge in [-0.1, -0.05) is 11.6 Å². The van der Waals surface area contributed by atoms with Crippen LogP contribution in [0.15, 0.2) is 47.4 Å². The van der Waals surface area contributed by atoms with Gasteiger partial charge in [0, 0.05) is 23.9 Å². The Morgan fingerprint density at radius 1 is 1.15 bits per heavy atom. The van der Waals surface area contributed by atoms with Crippen molar-refractivity contribution in [1.29, 1.82) is 0 Å². The number of nitrogens with zero attached hydrogens (tertiary/aromatic N) is 1. The summed E-state index contributed by atoms with van der Waals surface area (Å²) in [5, 5.41) is 3.08. The van der Waals surface area contributed by atoms with Crippen LogP contribution in [0.3, 0.4) is 0 Å². The highest BCUT2D eigenvalue weighted by Gasteiger charge is 2.17. The Balaban J connectivity index is 2.06. The average molecular weight is 411 g/mol. The molecule has 144 valence electrons. The number of anilines is 1. The SMILES string of the molecule is COc1ccc(Cl)cc1NC(=O)CN(C)C(=O)c1ccc(S(C)(=O)=O)cc1. The van der Waals surface area contributed by atoms with Crippen LogP contribution >= 0.6 is 11.6 Å². The fourth-order valence-electron chi connectivity index (χ4n) is 2.32. The monoisotopic (exact) mass is 410 g/mol. The number of nitrogens with one attached hydrogen (secondary N) is 1. The van der Waals surface area contributed by atoms with Crippen molar-refractivity contribution in [2.45, 2.75) is 4.90 Å². The van der Waals surface area contributed by atoms with Gasteiger partial charge < -0.3 is 15.0 Å². The minimum absolute atomic E-state index is 0.118. The fraction of sp³-hybridized carbons (Fsp3) is 0.222. The van der Waals surface area contributed by atoms with Gasteiger partial charge in [-0.25, -0.2) is 8.42 Å². The van der Waals surface area contributed by atoms with E-state index in [0.29, 0.717) is 16.5 Å². The highest BCUT2D eigenvalue weighted by Crippen LogP contribution is 2.27. The maximum Gasteiger partial charge on any atom is 0.254 e. The fourth-order valence-corrected chi connectivity index (χ4v) is 3.12. The number of carbonyl (C=O) groups excluding carboxylic acids is 2. The predicted molar refractivity (Wildman–Crippen MR) is 103 cm³/mol. The second-order valence-corrected chi connectivity index (χ2v) is 8.30. The van der Waals surface area contributed by atoms with E-state index in [9.17, 15) is 18.0 Å². The van der Waals surface area contributed by atoms with E-state index in [1.165, 1.54) is 43.3 Å². The van der Waals surface area contributed by atoms with Crippen molar-refractivity contribution in [3.8, 4) is 5.75 Å². The quantitative estimate of drug-likeness (QED) is 0.789. The summed E-state index contributed by atoms with van der Waals surface area (Å²) in [6.07, 6.45) is 1.09. The van der Waals surface area contributed by atoms with Crippen LogP contribution in [-0.4, -0.2) is 52.1 Å². The smallest absolute Gasteiger partial charge is 0.254 e. The van der Waals surface area contributed by atoms with E-state index >= 15 is 0 Å². The molecule has 0 radical (unpaired) electrons. The number of amides is 2. The molecule has 0 saturated heterocycles. The Bertz CT molecular complexity index is 958. The van der Waals surface area contributed by atoms with E-state index < -0.39 is 21.7 Å². The van der Waals surface area contributed by atoms with Crippen LogP contribution in [0.5, 0.6) is 5.75 Å². The number of benzene rings is 2. The highest BCUT2D eigenvalue weighted by atomic mass is 35.5. The van der Waals surface area contributed by atoms with Gasteiger partial charge >= 0.3 is 0 Å². The van der Waals surface area contributed by atoms with Gasteiger partial charge in [-0.2, -0.15) is 0 Å². The van der Waals surface area contributed by atoms with Gasteiger partial charge in [-0.15, -0.1) is 0 Å². The van der Waals surface area contributed by atoms with E-state index in [4.69, 9.17) is 16.3 Å². The molecule has 7 nitrogen and oxygen atoms in total. The number of methoxy groups -OCH3 is 1. The van der Waals surface area contributed by atoms with Gasteiger partial charge in [-0.3, -0.25) is 9.59 Å². The number of hydrogen-bond donors (Lipinski definition) is 1. The first-order valence-electron chi connectivity index (χ1n) is 7.81. The third-order valence-corrected chi connectivity index (χ3v) is 5.06. The number of rotatable bonds is 6. The molecule has 0 atom stereocenters. The van der Waals surface area contributed by atoms with Crippen molar-refractivity contribution in [1.82, 2.24) is 4.90 Å². The zero-order valence-corrected chi connectivity index (χ0v) is 16.6. The van der Waals surface area contributed by atoms with E-state index in [1.807, 2.05) is 0 Å². The molecule has 2 aromatic carbocycles. The maximum atomic E-state index is 12.4. The molecule has 0 unspecified atom stereocenters. The summed E-state index contributed by atoms with van der Waals surface area (Å²) >= 11 is 5.92. The molecule has 0 saturated carbocycles. The Hall–Kier alpha value is -2.58. The highest BCUT2D eigenvalue weighted by molar-refractivity contribution is 7.90. The van der Waals surface area contributed by atoms with E-state index in [-0.39, 0.29) is 17.0 Å². The van der Waals surface area contributed by atoms with Crippen LogP contribution < -0.4 is 10.1 Å². The minimum atomic E-state index is -3.34. The second-order valence-electron chi connectivity index (χ2n) is 5.85. The first kappa shape index (κ1) is 20.7. The molecule has 9 heteroatoms. The molecule has 27 heavy (non-hydrogen) atoms. The summed E-state index contributed by atoms with van der Waals surface area (Å²) in [4.78, 5) is 26.0. The van der Waals surface area contributed by atoms with Gasteiger partial charge in [0.05, 0.1) is 24.2 Å². The largest absolute Gasteiger partial charge is 0.495 e. The molecule has 0 fully saturated rings. The van der Waals surface area contributed by atoms with Gasteiger partial charge in [0.2, 0.25) is 5.91 Å². The van der Waals surface area contributed by atoms with Crippen LogP contribution in [0.25, 0.3) is 0 Å². The van der Waals surface area contributed by atoms with Gasteiger partial charge in [0.1, 0.15) is 5.75 Å². The molecular weight excluding hydrogens is 392 g/mol. The third kappa shape index (κ3) is 5.45. The van der Waals surface area contributed by atoms with Gasteiger partial charge in [0.15, 0.2) is 9.84 Å². The normalized spacial score (nSPS) is 11.0. The molecule has 0 aliphatic heterocycles. The lowest BCUT2D eigenvalue weighted by Crippen LogP contribution is -2.35. The molecule has 2 aromatic rings. The van der Waals surface area contributed by atoms with Crippen LogP contribution in [-0.2, 0) is 14.6 Å².